The van der Waals surface area contributed by atoms with Gasteiger partial charge in [0.2, 0.25) is 0 Å². The second-order valence-electron chi connectivity index (χ2n) is 5.44. The van der Waals surface area contributed by atoms with E-state index in [9.17, 15) is 13.2 Å². The summed E-state index contributed by atoms with van der Waals surface area (Å²) in [5, 5.41) is 0. The average Bonchev–Trinajstić information content (AvgIpc) is 2.53. The van der Waals surface area contributed by atoms with Crippen LogP contribution >= 0.6 is 0 Å². The lowest BCUT2D eigenvalue weighted by molar-refractivity contribution is 0.500. The molecule has 0 saturated carbocycles. The fourth-order valence-electron chi connectivity index (χ4n) is 2.13. The summed E-state index contributed by atoms with van der Waals surface area (Å²) in [5.41, 5.74) is 1.82. The first-order chi connectivity index (χ1) is 10.9. The summed E-state index contributed by atoms with van der Waals surface area (Å²) in [7, 11) is 1.84. The van der Waals surface area contributed by atoms with Crippen molar-refractivity contribution < 1.29 is 13.2 Å². The van der Waals surface area contributed by atoms with Gasteiger partial charge in [-0.25, -0.2) is 18.2 Å². The third-order valence-electron chi connectivity index (χ3n) is 3.71. The van der Waals surface area contributed by atoms with Crippen molar-refractivity contribution in [2.45, 2.75) is 20.3 Å². The molecule has 0 aliphatic carbocycles. The maximum atomic E-state index is 14.2. The summed E-state index contributed by atoms with van der Waals surface area (Å²) < 4.78 is 41.2. The Kier molecular flexibility index (Phi) is 5.42. The molecule has 122 valence electrons. The van der Waals surface area contributed by atoms with Crippen molar-refractivity contribution in [2.24, 2.45) is 4.99 Å². The number of rotatable bonds is 5. The predicted molar refractivity (Wildman–Crippen MR) is 86.8 cm³/mol. The van der Waals surface area contributed by atoms with Crippen LogP contribution in [0.25, 0.3) is 0 Å². The Morgan fingerprint density at radius 2 is 1.83 bits per heavy atom. The molecule has 0 radical (unpaired) electrons. The summed E-state index contributed by atoms with van der Waals surface area (Å²) in [6, 6.07) is 6.95. The first kappa shape index (κ1) is 17.1. The van der Waals surface area contributed by atoms with Gasteiger partial charge in [0.05, 0.1) is 6.34 Å². The molecule has 0 aliphatic heterocycles. The molecule has 5 heteroatoms. The van der Waals surface area contributed by atoms with Crippen molar-refractivity contribution >= 4 is 12.0 Å². The Bertz CT molecular complexity index is 726. The van der Waals surface area contributed by atoms with Crippen molar-refractivity contribution in [1.29, 1.82) is 0 Å². The number of benzene rings is 2. The van der Waals surface area contributed by atoms with Crippen LogP contribution in [-0.4, -0.2) is 24.8 Å². The Morgan fingerprint density at radius 3 is 2.52 bits per heavy atom. The molecule has 2 aromatic rings. The van der Waals surface area contributed by atoms with E-state index in [-0.39, 0.29) is 17.7 Å². The van der Waals surface area contributed by atoms with Gasteiger partial charge >= 0.3 is 0 Å². The maximum Gasteiger partial charge on any atom is 0.162 e. The molecule has 0 aliphatic rings. The highest BCUT2D eigenvalue weighted by Crippen LogP contribution is 2.25. The van der Waals surface area contributed by atoms with E-state index in [2.05, 4.69) is 4.99 Å². The highest BCUT2D eigenvalue weighted by molar-refractivity contribution is 5.62. The molecule has 2 rings (SSSR count). The predicted octanol–water partition coefficient (Wildman–Crippen LogP) is 4.61. The molecule has 0 heterocycles. The molecule has 0 atom stereocenters. The molecule has 23 heavy (non-hydrogen) atoms. The third-order valence-corrected chi connectivity index (χ3v) is 3.71. The first-order valence-corrected chi connectivity index (χ1v) is 7.38. The smallest absolute Gasteiger partial charge is 0.162 e. The molecule has 0 bridgehead atoms. The van der Waals surface area contributed by atoms with E-state index >= 15 is 0 Å². The standard InChI is InChI=1S/C18H19F3N2/c1-4-23(3)11-22-17-8-12(2)14(10-16(17)20)9-13-6-5-7-15(19)18(13)21/h5-8,10-11H,4,9H2,1-3H3. The molecule has 0 spiro atoms. The monoisotopic (exact) mass is 320 g/mol. The zero-order chi connectivity index (χ0) is 17.0. The second kappa shape index (κ2) is 7.31. The van der Waals surface area contributed by atoms with E-state index in [1.807, 2.05) is 18.9 Å². The Hall–Kier alpha value is -2.30. The van der Waals surface area contributed by atoms with E-state index in [0.29, 0.717) is 5.56 Å². The highest BCUT2D eigenvalue weighted by atomic mass is 19.2. The van der Waals surface area contributed by atoms with Crippen LogP contribution in [0.4, 0.5) is 18.9 Å². The van der Waals surface area contributed by atoms with Gasteiger partial charge in [-0.15, -0.1) is 0 Å². The lowest BCUT2D eigenvalue weighted by atomic mass is 9.99. The summed E-state index contributed by atoms with van der Waals surface area (Å²) in [5.74, 6) is -2.27. The van der Waals surface area contributed by atoms with E-state index < -0.39 is 17.5 Å². The molecule has 2 nitrogen and oxygen atoms in total. The summed E-state index contributed by atoms with van der Waals surface area (Å²) in [6.45, 7) is 4.53. The van der Waals surface area contributed by atoms with Gasteiger partial charge in [-0.2, -0.15) is 0 Å². The Morgan fingerprint density at radius 1 is 1.09 bits per heavy atom. The van der Waals surface area contributed by atoms with Gasteiger partial charge in [0.25, 0.3) is 0 Å². The fraction of sp³-hybridized carbons (Fsp3) is 0.278. The van der Waals surface area contributed by atoms with Crippen LogP contribution in [0.5, 0.6) is 0 Å². The summed E-state index contributed by atoms with van der Waals surface area (Å²) in [4.78, 5) is 5.93. The SMILES string of the molecule is CCN(C)C=Nc1cc(C)c(Cc2cccc(F)c2F)cc1F. The van der Waals surface area contributed by atoms with Crippen LogP contribution < -0.4 is 0 Å². The second-order valence-corrected chi connectivity index (χ2v) is 5.44. The van der Waals surface area contributed by atoms with Crippen molar-refractivity contribution in [3.8, 4) is 0 Å². The molecule has 0 saturated heterocycles. The number of nitrogens with zero attached hydrogens (tertiary/aromatic N) is 2. The molecule has 0 unspecified atom stereocenters. The fourth-order valence-corrected chi connectivity index (χ4v) is 2.13. The van der Waals surface area contributed by atoms with Gasteiger partial charge in [0.15, 0.2) is 11.6 Å². The van der Waals surface area contributed by atoms with Gasteiger partial charge in [-0.1, -0.05) is 12.1 Å². The summed E-state index contributed by atoms with van der Waals surface area (Å²) >= 11 is 0. The Balaban J connectivity index is 2.30. The molecule has 0 aromatic heterocycles. The number of halogens is 3. The number of aliphatic imine (C=N–C) groups is 1. The molecule has 0 fully saturated rings. The number of aryl methyl sites for hydroxylation is 1. The molecule has 0 amide bonds. The third kappa shape index (κ3) is 4.12. The quantitative estimate of drug-likeness (QED) is 0.580. The van der Waals surface area contributed by atoms with Gasteiger partial charge < -0.3 is 4.90 Å². The average molecular weight is 320 g/mol. The lowest BCUT2D eigenvalue weighted by Gasteiger charge is -2.11. The van der Waals surface area contributed by atoms with Crippen molar-refractivity contribution in [3.05, 3.63) is 64.5 Å². The number of hydrogen-bond acceptors (Lipinski definition) is 1. The first-order valence-electron chi connectivity index (χ1n) is 7.38. The van der Waals surface area contributed by atoms with Crippen LogP contribution in [0, 0.1) is 24.4 Å². The van der Waals surface area contributed by atoms with Gasteiger partial charge in [-0.05, 0) is 48.7 Å². The van der Waals surface area contributed by atoms with Crippen LogP contribution in [0.3, 0.4) is 0 Å². The normalized spacial score (nSPS) is 11.2. The minimum Gasteiger partial charge on any atom is -0.366 e. The zero-order valence-corrected chi connectivity index (χ0v) is 13.4. The van der Waals surface area contributed by atoms with E-state index in [4.69, 9.17) is 0 Å². The summed E-state index contributed by atoms with van der Waals surface area (Å²) in [6.07, 6.45) is 1.69. The van der Waals surface area contributed by atoms with Crippen molar-refractivity contribution in [3.63, 3.8) is 0 Å². The zero-order valence-electron chi connectivity index (χ0n) is 13.4. The number of hydrogen-bond donors (Lipinski definition) is 0. The van der Waals surface area contributed by atoms with Crippen LogP contribution in [-0.2, 0) is 6.42 Å². The lowest BCUT2D eigenvalue weighted by Crippen LogP contribution is -2.14. The largest absolute Gasteiger partial charge is 0.366 e. The van der Waals surface area contributed by atoms with Gasteiger partial charge in [-0.3, -0.25) is 0 Å². The van der Waals surface area contributed by atoms with E-state index in [0.717, 1.165) is 18.2 Å². The van der Waals surface area contributed by atoms with Crippen LogP contribution in [0.2, 0.25) is 0 Å². The maximum absolute atomic E-state index is 14.2. The van der Waals surface area contributed by atoms with Gasteiger partial charge in [0.1, 0.15) is 11.5 Å². The molecular weight excluding hydrogens is 301 g/mol. The van der Waals surface area contributed by atoms with Crippen molar-refractivity contribution in [1.82, 2.24) is 4.90 Å². The van der Waals surface area contributed by atoms with Gasteiger partial charge in [0, 0.05) is 20.0 Å². The minimum atomic E-state index is -0.899. The minimum absolute atomic E-state index is 0.130. The van der Waals surface area contributed by atoms with E-state index in [1.165, 1.54) is 18.2 Å². The Labute approximate surface area is 134 Å². The highest BCUT2D eigenvalue weighted by Gasteiger charge is 2.12. The van der Waals surface area contributed by atoms with Crippen molar-refractivity contribution in [2.75, 3.05) is 13.6 Å². The van der Waals surface area contributed by atoms with E-state index in [1.54, 1.807) is 19.3 Å². The van der Waals surface area contributed by atoms with Crippen LogP contribution in [0.15, 0.2) is 35.3 Å². The topological polar surface area (TPSA) is 15.6 Å². The molecule has 0 N–H and O–H groups in total. The molecule has 2 aromatic carbocycles. The van der Waals surface area contributed by atoms with Crippen LogP contribution in [0.1, 0.15) is 23.6 Å². The molecular formula is C18H19F3N2.